The standard InChI is InChI=1S/C21H25ClF3N5O4S/c22-13-8-14(23)12(16(24)17(13)25)10-34-19-15(18(26)32)20(35-29-19)28-21(33)27-5-1-2-6-30-7-3-4-11(30)9-31/h8,11,31H,1-7,9-10H2,(H2,26,32)(H2,27,28,33). The molecular weight excluding hydrogens is 511 g/mol. The number of nitrogens with zero attached hydrogens (tertiary/aromatic N) is 2. The molecule has 1 unspecified atom stereocenters. The van der Waals surface area contributed by atoms with Crippen molar-refractivity contribution in [1.82, 2.24) is 14.6 Å². The van der Waals surface area contributed by atoms with Crippen LogP contribution in [-0.4, -0.2) is 58.6 Å². The molecule has 35 heavy (non-hydrogen) atoms. The van der Waals surface area contributed by atoms with E-state index >= 15 is 0 Å². The minimum Gasteiger partial charge on any atom is -0.471 e. The van der Waals surface area contributed by atoms with Gasteiger partial charge in [0.1, 0.15) is 23.0 Å². The molecule has 1 aromatic carbocycles. The van der Waals surface area contributed by atoms with Gasteiger partial charge in [-0.3, -0.25) is 15.0 Å². The third kappa shape index (κ3) is 6.75. The maximum atomic E-state index is 14.0. The monoisotopic (exact) mass is 535 g/mol. The van der Waals surface area contributed by atoms with E-state index in [0.717, 1.165) is 32.4 Å². The molecule has 0 spiro atoms. The average Bonchev–Trinajstić information content (AvgIpc) is 3.43. The number of likely N-dealkylation sites (tertiary alicyclic amines) is 1. The van der Waals surface area contributed by atoms with E-state index in [2.05, 4.69) is 19.9 Å². The molecule has 3 amide bonds. The van der Waals surface area contributed by atoms with Gasteiger partial charge in [0.25, 0.3) is 5.91 Å². The number of nitrogens with one attached hydrogen (secondary N) is 2. The first-order valence-corrected chi connectivity index (χ1v) is 12.0. The van der Waals surface area contributed by atoms with Crippen LogP contribution in [0.25, 0.3) is 0 Å². The van der Waals surface area contributed by atoms with Crippen LogP contribution in [0.5, 0.6) is 5.88 Å². The van der Waals surface area contributed by atoms with Crippen LogP contribution in [0.1, 0.15) is 41.6 Å². The summed E-state index contributed by atoms with van der Waals surface area (Å²) in [5, 5.41) is 13.7. The van der Waals surface area contributed by atoms with Crippen molar-refractivity contribution >= 4 is 40.1 Å². The number of nitrogens with two attached hydrogens (primary N) is 1. The summed E-state index contributed by atoms with van der Waals surface area (Å²) in [5.74, 6) is -5.46. The summed E-state index contributed by atoms with van der Waals surface area (Å²) in [6.45, 7) is 1.50. The van der Waals surface area contributed by atoms with Crippen molar-refractivity contribution in [3.63, 3.8) is 0 Å². The average molecular weight is 536 g/mol. The number of aliphatic hydroxyl groups excluding tert-OH is 1. The molecule has 1 aliphatic heterocycles. The number of halogens is 4. The summed E-state index contributed by atoms with van der Waals surface area (Å²) in [6.07, 6.45) is 3.59. The highest BCUT2D eigenvalue weighted by molar-refractivity contribution is 7.11. The second-order valence-electron chi connectivity index (χ2n) is 7.89. The largest absolute Gasteiger partial charge is 0.471 e. The lowest BCUT2D eigenvalue weighted by atomic mass is 10.2. The lowest BCUT2D eigenvalue weighted by molar-refractivity contribution is 0.0996. The number of ether oxygens (including phenoxy) is 1. The van der Waals surface area contributed by atoms with Gasteiger partial charge in [-0.05, 0) is 56.4 Å². The summed E-state index contributed by atoms with van der Waals surface area (Å²) in [7, 11) is 0. The number of carbonyl (C=O) groups excluding carboxylic acids is 2. The number of amides is 3. The van der Waals surface area contributed by atoms with Crippen LogP contribution < -0.4 is 21.1 Å². The molecule has 14 heteroatoms. The van der Waals surface area contributed by atoms with E-state index in [1.54, 1.807) is 0 Å². The summed E-state index contributed by atoms with van der Waals surface area (Å²) in [4.78, 5) is 26.3. The Hall–Kier alpha value is -2.61. The minimum absolute atomic E-state index is 0.0175. The van der Waals surface area contributed by atoms with Crippen LogP contribution in [0.4, 0.5) is 23.0 Å². The molecule has 2 aromatic rings. The normalized spacial score (nSPS) is 15.9. The third-order valence-corrected chi connectivity index (χ3v) is 6.58. The first-order valence-electron chi connectivity index (χ1n) is 10.9. The van der Waals surface area contributed by atoms with E-state index in [0.29, 0.717) is 30.6 Å². The smallest absolute Gasteiger partial charge is 0.319 e. The fourth-order valence-electron chi connectivity index (χ4n) is 3.74. The Kier molecular flexibility index (Phi) is 9.55. The fourth-order valence-corrected chi connectivity index (χ4v) is 4.65. The van der Waals surface area contributed by atoms with Crippen molar-refractivity contribution in [1.29, 1.82) is 0 Å². The number of urea groups is 1. The van der Waals surface area contributed by atoms with Crippen molar-refractivity contribution in [3.8, 4) is 5.88 Å². The zero-order valence-electron chi connectivity index (χ0n) is 18.6. The SMILES string of the molecule is NC(=O)c1c(OCc2c(F)cc(Cl)c(F)c2F)nsc1NC(=O)NCCCCN1CCCC1CO. The maximum absolute atomic E-state index is 14.0. The van der Waals surface area contributed by atoms with E-state index in [1.165, 1.54) is 0 Å². The highest BCUT2D eigenvalue weighted by atomic mass is 35.5. The lowest BCUT2D eigenvalue weighted by Gasteiger charge is -2.22. The molecule has 1 atom stereocenters. The quantitative estimate of drug-likeness (QED) is 0.198. The van der Waals surface area contributed by atoms with E-state index < -0.39 is 46.6 Å². The number of unbranched alkanes of at least 4 members (excludes halogenated alkanes) is 1. The van der Waals surface area contributed by atoms with Gasteiger partial charge in [0.05, 0.1) is 17.2 Å². The van der Waals surface area contributed by atoms with E-state index in [4.69, 9.17) is 22.1 Å². The molecule has 1 fully saturated rings. The number of primary amides is 1. The zero-order valence-corrected chi connectivity index (χ0v) is 20.2. The molecule has 1 aromatic heterocycles. The summed E-state index contributed by atoms with van der Waals surface area (Å²) >= 11 is 6.08. The Morgan fingerprint density at radius 2 is 2.09 bits per heavy atom. The van der Waals surface area contributed by atoms with Gasteiger partial charge in [-0.1, -0.05) is 11.6 Å². The molecule has 0 saturated carbocycles. The fraction of sp³-hybridized carbons (Fsp3) is 0.476. The van der Waals surface area contributed by atoms with Gasteiger partial charge in [-0.25, -0.2) is 18.0 Å². The van der Waals surface area contributed by atoms with Crippen molar-refractivity contribution in [2.24, 2.45) is 5.73 Å². The summed E-state index contributed by atoms with van der Waals surface area (Å²) < 4.78 is 50.6. The van der Waals surface area contributed by atoms with Crippen LogP contribution in [0.15, 0.2) is 6.07 Å². The van der Waals surface area contributed by atoms with Gasteiger partial charge in [-0.2, -0.15) is 4.37 Å². The summed E-state index contributed by atoms with van der Waals surface area (Å²) in [5.41, 5.74) is 4.32. The number of aliphatic hydroxyl groups is 1. The van der Waals surface area contributed by atoms with Gasteiger partial charge < -0.3 is 20.9 Å². The maximum Gasteiger partial charge on any atom is 0.319 e. The molecule has 1 aliphatic rings. The van der Waals surface area contributed by atoms with Gasteiger partial charge in [0, 0.05) is 12.6 Å². The Labute approximate surface area is 208 Å². The number of benzene rings is 1. The van der Waals surface area contributed by atoms with Crippen LogP contribution >= 0.6 is 23.1 Å². The predicted molar refractivity (Wildman–Crippen MR) is 124 cm³/mol. The lowest BCUT2D eigenvalue weighted by Crippen LogP contribution is -2.34. The molecule has 0 radical (unpaired) electrons. The van der Waals surface area contributed by atoms with Gasteiger partial charge in [0.2, 0.25) is 5.88 Å². The van der Waals surface area contributed by atoms with Crippen molar-refractivity contribution in [3.05, 3.63) is 39.7 Å². The molecule has 1 saturated heterocycles. The van der Waals surface area contributed by atoms with Crippen LogP contribution in [0.3, 0.4) is 0 Å². The minimum atomic E-state index is -1.53. The molecule has 5 N–H and O–H groups in total. The number of hydrogen-bond donors (Lipinski definition) is 4. The van der Waals surface area contributed by atoms with Crippen molar-refractivity contribution < 1.29 is 32.6 Å². The topological polar surface area (TPSA) is 130 Å². The Balaban J connectivity index is 1.52. The third-order valence-electron chi connectivity index (χ3n) is 5.56. The van der Waals surface area contributed by atoms with E-state index in [9.17, 15) is 27.9 Å². The first kappa shape index (κ1) is 27.0. The molecule has 3 rings (SSSR count). The number of hydrogen-bond acceptors (Lipinski definition) is 7. The Morgan fingerprint density at radius 1 is 1.31 bits per heavy atom. The second-order valence-corrected chi connectivity index (χ2v) is 9.07. The van der Waals surface area contributed by atoms with Gasteiger partial charge >= 0.3 is 6.03 Å². The van der Waals surface area contributed by atoms with Crippen LogP contribution in [0.2, 0.25) is 5.02 Å². The summed E-state index contributed by atoms with van der Waals surface area (Å²) in [6, 6.07) is 0.198. The Bertz CT molecular complexity index is 1070. The van der Waals surface area contributed by atoms with Crippen LogP contribution in [-0.2, 0) is 6.61 Å². The highest BCUT2D eigenvalue weighted by Crippen LogP contribution is 2.32. The molecule has 2 heterocycles. The van der Waals surface area contributed by atoms with Gasteiger partial charge in [0.15, 0.2) is 11.6 Å². The van der Waals surface area contributed by atoms with E-state index in [1.807, 2.05) is 0 Å². The second kappa shape index (κ2) is 12.4. The van der Waals surface area contributed by atoms with Gasteiger partial charge in [-0.15, -0.1) is 0 Å². The number of carbonyl (C=O) groups is 2. The highest BCUT2D eigenvalue weighted by Gasteiger charge is 2.25. The molecular formula is C21H25ClF3N5O4S. The molecule has 0 bridgehead atoms. The first-order chi connectivity index (χ1) is 16.7. The van der Waals surface area contributed by atoms with E-state index in [-0.39, 0.29) is 29.1 Å². The zero-order chi connectivity index (χ0) is 25.5. The molecule has 0 aliphatic carbocycles. The van der Waals surface area contributed by atoms with Crippen molar-refractivity contribution in [2.45, 2.75) is 38.3 Å². The number of aromatic nitrogens is 1. The Morgan fingerprint density at radius 3 is 2.80 bits per heavy atom. The van der Waals surface area contributed by atoms with Crippen LogP contribution in [0, 0.1) is 17.5 Å². The molecule has 9 nitrogen and oxygen atoms in total. The predicted octanol–water partition coefficient (Wildman–Crippen LogP) is 3.25. The number of anilines is 1. The number of rotatable bonds is 11. The molecule has 192 valence electrons. The van der Waals surface area contributed by atoms with Crippen molar-refractivity contribution in [2.75, 3.05) is 31.6 Å².